The smallest absolute Gasteiger partial charge is 0.351 e. The summed E-state index contributed by atoms with van der Waals surface area (Å²) >= 11 is 0. The summed E-state index contributed by atoms with van der Waals surface area (Å²) in [5.41, 5.74) is 0.155. The Balaban J connectivity index is 1.98. The molecule has 0 spiro atoms. The topological polar surface area (TPSA) is 90.1 Å². The fourth-order valence-electron chi connectivity index (χ4n) is 1.99. The van der Waals surface area contributed by atoms with Crippen molar-refractivity contribution in [3.63, 3.8) is 0 Å². The molecule has 2 aromatic heterocycles. The van der Waals surface area contributed by atoms with Crippen molar-refractivity contribution < 1.29 is 0 Å². The number of nitriles is 1. The zero-order chi connectivity index (χ0) is 12.5. The summed E-state index contributed by atoms with van der Waals surface area (Å²) in [5, 5.41) is 19.1. The zero-order valence-electron chi connectivity index (χ0n) is 9.70. The Morgan fingerprint density at radius 3 is 3.11 bits per heavy atom. The number of nitrogens with zero attached hydrogens (tertiary/aromatic N) is 5. The van der Waals surface area contributed by atoms with Gasteiger partial charge in [-0.3, -0.25) is 0 Å². The molecular formula is C11H12N6O. The number of nitrogens with one attached hydrogen (secondary N) is 1. The molecule has 2 heterocycles. The van der Waals surface area contributed by atoms with Gasteiger partial charge >= 0.3 is 5.69 Å². The van der Waals surface area contributed by atoms with E-state index >= 15 is 0 Å². The molecule has 1 fully saturated rings. The lowest BCUT2D eigenvalue weighted by Gasteiger charge is -2.21. The molecule has 0 bridgehead atoms. The number of aromatic amines is 1. The van der Waals surface area contributed by atoms with Crippen LogP contribution in [0.1, 0.15) is 19.3 Å². The summed E-state index contributed by atoms with van der Waals surface area (Å²) in [6.07, 6.45) is 2.69. The van der Waals surface area contributed by atoms with E-state index in [1.165, 1.54) is 4.52 Å². The van der Waals surface area contributed by atoms with Gasteiger partial charge in [-0.25, -0.2) is 9.89 Å². The van der Waals surface area contributed by atoms with E-state index in [2.05, 4.69) is 26.3 Å². The minimum absolute atomic E-state index is 0.345. The fraction of sp³-hybridized carbons (Fsp3) is 0.455. The zero-order valence-corrected chi connectivity index (χ0v) is 9.70. The van der Waals surface area contributed by atoms with Crippen LogP contribution in [0.4, 0.5) is 5.82 Å². The number of H-pyrrole nitrogens is 1. The van der Waals surface area contributed by atoms with Crippen LogP contribution in [0.3, 0.4) is 0 Å². The van der Waals surface area contributed by atoms with Gasteiger partial charge in [-0.15, -0.1) is 5.10 Å². The van der Waals surface area contributed by atoms with E-state index < -0.39 is 0 Å². The molecule has 0 saturated heterocycles. The Bertz CT molecular complexity index is 662. The van der Waals surface area contributed by atoms with E-state index in [0.29, 0.717) is 24.7 Å². The monoisotopic (exact) mass is 244 g/mol. The highest BCUT2D eigenvalue weighted by Crippen LogP contribution is 2.30. The van der Waals surface area contributed by atoms with Crippen molar-refractivity contribution in [1.82, 2.24) is 19.8 Å². The standard InChI is InChI=1S/C11H12N6O/c12-6-1-7-16(8-2-3-8)10-5-4-9-13-14-11(18)17(9)15-10/h4-5,8H,1-3,7H2,(H,14,18). The molecule has 0 radical (unpaired) electrons. The summed E-state index contributed by atoms with van der Waals surface area (Å²) in [7, 11) is 0. The Morgan fingerprint density at radius 2 is 2.39 bits per heavy atom. The average Bonchev–Trinajstić information content (AvgIpc) is 3.16. The lowest BCUT2D eigenvalue weighted by Crippen LogP contribution is -2.28. The molecule has 1 aliphatic carbocycles. The molecule has 0 unspecified atom stereocenters. The maximum absolute atomic E-state index is 11.5. The first-order chi connectivity index (χ1) is 8.79. The van der Waals surface area contributed by atoms with Crippen LogP contribution in [-0.4, -0.2) is 32.4 Å². The van der Waals surface area contributed by atoms with Crippen LogP contribution in [-0.2, 0) is 0 Å². The van der Waals surface area contributed by atoms with Gasteiger partial charge < -0.3 is 4.90 Å². The van der Waals surface area contributed by atoms with Crippen molar-refractivity contribution >= 4 is 11.5 Å². The second kappa shape index (κ2) is 4.14. The highest BCUT2D eigenvalue weighted by Gasteiger charge is 2.30. The normalized spacial score (nSPS) is 14.6. The van der Waals surface area contributed by atoms with Crippen molar-refractivity contribution in [2.75, 3.05) is 11.4 Å². The van der Waals surface area contributed by atoms with Crippen LogP contribution in [0.5, 0.6) is 0 Å². The van der Waals surface area contributed by atoms with E-state index in [1.54, 1.807) is 6.07 Å². The molecule has 2 aromatic rings. The second-order valence-corrected chi connectivity index (χ2v) is 4.32. The van der Waals surface area contributed by atoms with Gasteiger partial charge in [-0.1, -0.05) is 0 Å². The van der Waals surface area contributed by atoms with E-state index in [0.717, 1.165) is 18.7 Å². The Hall–Kier alpha value is -2.36. The summed E-state index contributed by atoms with van der Waals surface area (Å²) in [6.45, 7) is 0.645. The Labute approximate surface area is 103 Å². The van der Waals surface area contributed by atoms with Crippen LogP contribution in [0, 0.1) is 11.3 Å². The third-order valence-electron chi connectivity index (χ3n) is 3.01. The lowest BCUT2D eigenvalue weighted by atomic mass is 10.3. The van der Waals surface area contributed by atoms with E-state index in [-0.39, 0.29) is 5.69 Å². The third kappa shape index (κ3) is 1.82. The molecule has 1 N–H and O–H groups in total. The minimum Gasteiger partial charge on any atom is -0.351 e. The molecule has 7 heteroatoms. The molecule has 0 aromatic carbocycles. The van der Waals surface area contributed by atoms with Crippen molar-refractivity contribution in [3.8, 4) is 6.07 Å². The van der Waals surface area contributed by atoms with Crippen LogP contribution in [0.15, 0.2) is 16.9 Å². The molecule has 1 aliphatic rings. The summed E-state index contributed by atoms with van der Waals surface area (Å²) in [5.74, 6) is 0.726. The largest absolute Gasteiger partial charge is 0.364 e. The molecule has 3 rings (SSSR count). The number of hydrogen-bond acceptors (Lipinski definition) is 5. The summed E-state index contributed by atoms with van der Waals surface area (Å²) < 4.78 is 1.25. The predicted molar refractivity (Wildman–Crippen MR) is 64.2 cm³/mol. The molecule has 92 valence electrons. The second-order valence-electron chi connectivity index (χ2n) is 4.32. The molecule has 0 aliphatic heterocycles. The molecule has 1 saturated carbocycles. The van der Waals surface area contributed by atoms with Gasteiger partial charge in [0.25, 0.3) is 0 Å². The molecule has 7 nitrogen and oxygen atoms in total. The van der Waals surface area contributed by atoms with E-state index in [9.17, 15) is 4.79 Å². The third-order valence-corrected chi connectivity index (χ3v) is 3.01. The van der Waals surface area contributed by atoms with Crippen LogP contribution in [0.2, 0.25) is 0 Å². The van der Waals surface area contributed by atoms with Gasteiger partial charge in [0.05, 0.1) is 12.5 Å². The van der Waals surface area contributed by atoms with Crippen molar-refractivity contribution in [2.45, 2.75) is 25.3 Å². The van der Waals surface area contributed by atoms with Gasteiger partial charge in [0.1, 0.15) is 5.82 Å². The minimum atomic E-state index is -0.345. The van der Waals surface area contributed by atoms with Crippen molar-refractivity contribution in [1.29, 1.82) is 5.26 Å². The maximum Gasteiger partial charge on any atom is 0.364 e. The van der Waals surface area contributed by atoms with E-state index in [4.69, 9.17) is 5.26 Å². The maximum atomic E-state index is 11.5. The van der Waals surface area contributed by atoms with Gasteiger partial charge in [0.15, 0.2) is 5.65 Å². The number of rotatable bonds is 4. The first kappa shape index (κ1) is 10.8. The molecule has 18 heavy (non-hydrogen) atoms. The highest BCUT2D eigenvalue weighted by atomic mass is 16.2. The Morgan fingerprint density at radius 1 is 1.56 bits per heavy atom. The first-order valence-electron chi connectivity index (χ1n) is 5.87. The summed E-state index contributed by atoms with van der Waals surface area (Å²) in [6, 6.07) is 6.18. The fourth-order valence-corrected chi connectivity index (χ4v) is 1.99. The number of fused-ring (bicyclic) bond motifs is 1. The van der Waals surface area contributed by atoms with Crippen LogP contribution < -0.4 is 10.6 Å². The van der Waals surface area contributed by atoms with Crippen LogP contribution >= 0.6 is 0 Å². The van der Waals surface area contributed by atoms with E-state index in [1.807, 2.05) is 6.07 Å². The number of aromatic nitrogens is 4. The molecular weight excluding hydrogens is 232 g/mol. The predicted octanol–water partition coefficient (Wildman–Crippen LogP) is 0.300. The van der Waals surface area contributed by atoms with Crippen LogP contribution in [0.25, 0.3) is 5.65 Å². The number of hydrogen-bond donors (Lipinski definition) is 1. The van der Waals surface area contributed by atoms with Crippen molar-refractivity contribution in [2.24, 2.45) is 0 Å². The quantitative estimate of drug-likeness (QED) is 0.835. The lowest BCUT2D eigenvalue weighted by molar-refractivity contribution is 0.750. The Kier molecular flexibility index (Phi) is 2.48. The summed E-state index contributed by atoms with van der Waals surface area (Å²) in [4.78, 5) is 13.6. The van der Waals surface area contributed by atoms with Gasteiger partial charge in [-0.2, -0.15) is 14.9 Å². The first-order valence-corrected chi connectivity index (χ1v) is 5.87. The number of anilines is 1. The highest BCUT2D eigenvalue weighted by molar-refractivity contribution is 5.46. The molecule has 0 amide bonds. The van der Waals surface area contributed by atoms with Gasteiger partial charge in [0, 0.05) is 12.6 Å². The van der Waals surface area contributed by atoms with Crippen molar-refractivity contribution in [3.05, 3.63) is 22.6 Å². The molecule has 0 atom stereocenters. The SMILES string of the molecule is N#CCCN(c1ccc2n[nH]c(=O)n2n1)C1CC1. The van der Waals surface area contributed by atoms with Gasteiger partial charge in [-0.05, 0) is 25.0 Å². The average molecular weight is 244 g/mol. The van der Waals surface area contributed by atoms with Gasteiger partial charge in [0.2, 0.25) is 0 Å².